The number of aromatic nitrogens is 2. The predicted molar refractivity (Wildman–Crippen MR) is 64.5 cm³/mol. The molecule has 0 bridgehead atoms. The standard InChI is InChI=1S/C10H17BrN4O/c1-15-10(8(11)5-13-15)9(14-12)7-3-2-4-16-6-7/h5,7,9,14H,2-4,6,12H2,1H3. The number of ether oxygens (including phenoxy) is 1. The van der Waals surface area contributed by atoms with Gasteiger partial charge in [-0.25, -0.2) is 0 Å². The van der Waals surface area contributed by atoms with Crippen molar-refractivity contribution in [2.24, 2.45) is 18.8 Å². The summed E-state index contributed by atoms with van der Waals surface area (Å²) in [5.41, 5.74) is 3.97. The van der Waals surface area contributed by atoms with Gasteiger partial charge in [-0.15, -0.1) is 0 Å². The molecule has 1 aliphatic rings. The summed E-state index contributed by atoms with van der Waals surface area (Å²) in [5.74, 6) is 6.07. The number of nitrogens with two attached hydrogens (primary N) is 1. The lowest BCUT2D eigenvalue weighted by atomic mass is 9.92. The molecule has 0 amide bonds. The molecule has 1 fully saturated rings. The van der Waals surface area contributed by atoms with Crippen LogP contribution in [0.1, 0.15) is 24.6 Å². The second kappa shape index (κ2) is 5.27. The molecule has 0 aromatic carbocycles. The van der Waals surface area contributed by atoms with Crippen molar-refractivity contribution in [1.29, 1.82) is 0 Å². The van der Waals surface area contributed by atoms with E-state index in [1.165, 1.54) is 0 Å². The van der Waals surface area contributed by atoms with Crippen molar-refractivity contribution in [3.8, 4) is 0 Å². The molecule has 16 heavy (non-hydrogen) atoms. The number of nitrogens with zero attached hydrogens (tertiary/aromatic N) is 2. The van der Waals surface area contributed by atoms with Crippen LogP contribution in [-0.2, 0) is 11.8 Å². The molecule has 1 aliphatic heterocycles. The van der Waals surface area contributed by atoms with Gasteiger partial charge in [-0.3, -0.25) is 16.0 Å². The van der Waals surface area contributed by atoms with Crippen molar-refractivity contribution < 1.29 is 4.74 Å². The summed E-state index contributed by atoms with van der Waals surface area (Å²) in [5, 5.41) is 4.21. The molecule has 0 radical (unpaired) electrons. The Bertz CT molecular complexity index is 329. The van der Waals surface area contributed by atoms with Gasteiger partial charge in [0.1, 0.15) is 0 Å². The second-order valence-electron chi connectivity index (χ2n) is 4.12. The first-order chi connectivity index (χ1) is 7.74. The van der Waals surface area contributed by atoms with Crippen LogP contribution in [0.2, 0.25) is 0 Å². The fourth-order valence-electron chi connectivity index (χ4n) is 2.24. The molecule has 0 spiro atoms. The molecule has 2 atom stereocenters. The maximum Gasteiger partial charge on any atom is 0.0709 e. The van der Waals surface area contributed by atoms with E-state index in [1.807, 2.05) is 11.7 Å². The quantitative estimate of drug-likeness (QED) is 0.646. The van der Waals surface area contributed by atoms with Gasteiger partial charge in [0.25, 0.3) is 0 Å². The zero-order valence-corrected chi connectivity index (χ0v) is 10.9. The Hall–Kier alpha value is -0.430. The molecule has 5 nitrogen and oxygen atoms in total. The van der Waals surface area contributed by atoms with Crippen LogP contribution in [0.15, 0.2) is 10.7 Å². The molecule has 2 heterocycles. The highest BCUT2D eigenvalue weighted by atomic mass is 79.9. The third kappa shape index (κ3) is 2.29. The first kappa shape index (κ1) is 12.0. The molecule has 6 heteroatoms. The molecular weight excluding hydrogens is 272 g/mol. The number of halogens is 1. The summed E-state index contributed by atoms with van der Waals surface area (Å²) in [6, 6.07) is 0.0853. The normalized spacial score (nSPS) is 23.3. The minimum absolute atomic E-state index is 0.0853. The van der Waals surface area contributed by atoms with Crippen molar-refractivity contribution in [3.63, 3.8) is 0 Å². The highest BCUT2D eigenvalue weighted by Gasteiger charge is 2.28. The van der Waals surface area contributed by atoms with Crippen molar-refractivity contribution in [3.05, 3.63) is 16.4 Å². The molecule has 2 unspecified atom stereocenters. The molecule has 0 saturated carbocycles. The number of aryl methyl sites for hydroxylation is 1. The fraction of sp³-hybridized carbons (Fsp3) is 0.700. The van der Waals surface area contributed by atoms with E-state index in [9.17, 15) is 0 Å². The van der Waals surface area contributed by atoms with Crippen LogP contribution < -0.4 is 11.3 Å². The summed E-state index contributed by atoms with van der Waals surface area (Å²) in [6.45, 7) is 1.62. The minimum atomic E-state index is 0.0853. The molecular formula is C10H17BrN4O. The lowest BCUT2D eigenvalue weighted by Crippen LogP contribution is -2.38. The smallest absolute Gasteiger partial charge is 0.0709 e. The maximum absolute atomic E-state index is 5.67. The molecule has 2 rings (SSSR count). The Morgan fingerprint density at radius 1 is 1.75 bits per heavy atom. The van der Waals surface area contributed by atoms with Gasteiger partial charge < -0.3 is 4.74 Å². The van der Waals surface area contributed by atoms with Crippen LogP contribution in [0, 0.1) is 5.92 Å². The number of rotatable bonds is 3. The van der Waals surface area contributed by atoms with Crippen LogP contribution >= 0.6 is 15.9 Å². The number of hydrazine groups is 1. The van der Waals surface area contributed by atoms with E-state index in [4.69, 9.17) is 10.6 Å². The van der Waals surface area contributed by atoms with Gasteiger partial charge in [0, 0.05) is 19.6 Å². The van der Waals surface area contributed by atoms with E-state index < -0.39 is 0 Å². The topological polar surface area (TPSA) is 65.1 Å². The zero-order chi connectivity index (χ0) is 11.5. The van der Waals surface area contributed by atoms with Crippen molar-refractivity contribution in [2.75, 3.05) is 13.2 Å². The Balaban J connectivity index is 2.21. The van der Waals surface area contributed by atoms with Crippen LogP contribution in [0.3, 0.4) is 0 Å². The maximum atomic E-state index is 5.67. The fourth-order valence-corrected chi connectivity index (χ4v) is 2.83. The Kier molecular flexibility index (Phi) is 3.96. The third-order valence-corrected chi connectivity index (χ3v) is 3.69. The van der Waals surface area contributed by atoms with Crippen molar-refractivity contribution in [1.82, 2.24) is 15.2 Å². The van der Waals surface area contributed by atoms with Crippen molar-refractivity contribution >= 4 is 15.9 Å². The summed E-state index contributed by atoms with van der Waals surface area (Å²) in [7, 11) is 1.92. The van der Waals surface area contributed by atoms with Crippen LogP contribution in [-0.4, -0.2) is 23.0 Å². The third-order valence-electron chi connectivity index (χ3n) is 3.08. The Labute approximate surface area is 103 Å². The minimum Gasteiger partial charge on any atom is -0.381 e. The number of nitrogens with one attached hydrogen (secondary N) is 1. The van der Waals surface area contributed by atoms with E-state index in [-0.39, 0.29) is 6.04 Å². The van der Waals surface area contributed by atoms with E-state index in [0.29, 0.717) is 5.92 Å². The van der Waals surface area contributed by atoms with Gasteiger partial charge in [0.15, 0.2) is 0 Å². The lowest BCUT2D eigenvalue weighted by Gasteiger charge is -2.30. The van der Waals surface area contributed by atoms with E-state index in [0.717, 1.165) is 36.2 Å². The van der Waals surface area contributed by atoms with E-state index in [1.54, 1.807) is 6.20 Å². The van der Waals surface area contributed by atoms with Crippen LogP contribution in [0.5, 0.6) is 0 Å². The second-order valence-corrected chi connectivity index (χ2v) is 4.98. The van der Waals surface area contributed by atoms with Gasteiger partial charge in [-0.1, -0.05) is 0 Å². The van der Waals surface area contributed by atoms with Crippen LogP contribution in [0.25, 0.3) is 0 Å². The first-order valence-corrected chi connectivity index (χ1v) is 6.24. The van der Waals surface area contributed by atoms with Gasteiger partial charge in [-0.2, -0.15) is 5.10 Å². The van der Waals surface area contributed by atoms with E-state index >= 15 is 0 Å². The zero-order valence-electron chi connectivity index (χ0n) is 9.32. The van der Waals surface area contributed by atoms with Gasteiger partial charge >= 0.3 is 0 Å². The largest absolute Gasteiger partial charge is 0.381 e. The van der Waals surface area contributed by atoms with Gasteiger partial charge in [-0.05, 0) is 28.8 Å². The summed E-state index contributed by atoms with van der Waals surface area (Å²) in [6.07, 6.45) is 4.02. The van der Waals surface area contributed by atoms with Crippen LogP contribution in [0.4, 0.5) is 0 Å². The first-order valence-electron chi connectivity index (χ1n) is 5.45. The molecule has 1 aromatic rings. The summed E-state index contributed by atoms with van der Waals surface area (Å²) in [4.78, 5) is 0. The average Bonchev–Trinajstić information content (AvgIpc) is 2.63. The van der Waals surface area contributed by atoms with E-state index in [2.05, 4.69) is 26.5 Å². The number of hydrogen-bond donors (Lipinski definition) is 2. The van der Waals surface area contributed by atoms with Gasteiger partial charge in [0.2, 0.25) is 0 Å². The summed E-state index contributed by atoms with van der Waals surface area (Å²) >= 11 is 3.51. The Morgan fingerprint density at radius 2 is 2.56 bits per heavy atom. The van der Waals surface area contributed by atoms with Crippen molar-refractivity contribution in [2.45, 2.75) is 18.9 Å². The number of hydrogen-bond acceptors (Lipinski definition) is 4. The highest BCUT2D eigenvalue weighted by molar-refractivity contribution is 9.10. The monoisotopic (exact) mass is 288 g/mol. The molecule has 1 saturated heterocycles. The molecule has 3 N–H and O–H groups in total. The SMILES string of the molecule is Cn1ncc(Br)c1C(NN)C1CCCOC1. The summed E-state index contributed by atoms with van der Waals surface area (Å²) < 4.78 is 8.34. The average molecular weight is 289 g/mol. The molecule has 0 aliphatic carbocycles. The molecule has 1 aromatic heterocycles. The van der Waals surface area contributed by atoms with Gasteiger partial charge in [0.05, 0.1) is 29.0 Å². The molecule has 90 valence electrons. The predicted octanol–water partition coefficient (Wildman–Crippen LogP) is 1.11. The lowest BCUT2D eigenvalue weighted by molar-refractivity contribution is 0.0377. The Morgan fingerprint density at radius 3 is 3.06 bits per heavy atom. The highest BCUT2D eigenvalue weighted by Crippen LogP contribution is 2.31.